The third-order valence-electron chi connectivity index (χ3n) is 2.67. The van der Waals surface area contributed by atoms with Crippen molar-refractivity contribution in [2.24, 2.45) is 5.41 Å². The number of carboxylic acids is 1. The largest absolute Gasteiger partial charge is 0.480 e. The SMILES string of the molecule is COCc1ccccc1NC(=O)C(C)(C)C(=O)O. The topological polar surface area (TPSA) is 75.6 Å². The predicted molar refractivity (Wildman–Crippen MR) is 67.2 cm³/mol. The maximum atomic E-state index is 11.9. The van der Waals surface area contributed by atoms with Crippen LogP contribution in [0.5, 0.6) is 0 Å². The number of amides is 1. The van der Waals surface area contributed by atoms with Crippen molar-refractivity contribution in [2.75, 3.05) is 12.4 Å². The maximum absolute atomic E-state index is 11.9. The van der Waals surface area contributed by atoms with E-state index < -0.39 is 17.3 Å². The van der Waals surface area contributed by atoms with Crippen molar-refractivity contribution in [3.05, 3.63) is 29.8 Å². The molecule has 0 heterocycles. The summed E-state index contributed by atoms with van der Waals surface area (Å²) in [6.45, 7) is 3.08. The zero-order chi connectivity index (χ0) is 13.8. The summed E-state index contributed by atoms with van der Waals surface area (Å²) < 4.78 is 5.02. The van der Waals surface area contributed by atoms with Crippen LogP contribution in [0.15, 0.2) is 24.3 Å². The van der Waals surface area contributed by atoms with Crippen molar-refractivity contribution in [1.29, 1.82) is 0 Å². The van der Waals surface area contributed by atoms with Gasteiger partial charge in [-0.25, -0.2) is 0 Å². The Morgan fingerprint density at radius 1 is 1.33 bits per heavy atom. The average molecular weight is 251 g/mol. The lowest BCUT2D eigenvalue weighted by Gasteiger charge is -2.19. The molecule has 18 heavy (non-hydrogen) atoms. The molecule has 0 aliphatic carbocycles. The van der Waals surface area contributed by atoms with Crippen molar-refractivity contribution in [1.82, 2.24) is 0 Å². The summed E-state index contributed by atoms with van der Waals surface area (Å²) in [5.41, 5.74) is -0.103. The number of benzene rings is 1. The van der Waals surface area contributed by atoms with Crippen LogP contribution in [-0.4, -0.2) is 24.1 Å². The van der Waals surface area contributed by atoms with Gasteiger partial charge in [0.25, 0.3) is 0 Å². The standard InChI is InChI=1S/C13H17NO4/c1-13(2,12(16)17)11(15)14-10-7-5-4-6-9(10)8-18-3/h4-7H,8H2,1-3H3,(H,14,15)(H,16,17). The van der Waals surface area contributed by atoms with E-state index in [1.807, 2.05) is 12.1 Å². The van der Waals surface area contributed by atoms with Crippen molar-refractivity contribution >= 4 is 17.6 Å². The van der Waals surface area contributed by atoms with E-state index in [4.69, 9.17) is 9.84 Å². The molecule has 0 aromatic heterocycles. The molecule has 0 fully saturated rings. The van der Waals surface area contributed by atoms with Crippen molar-refractivity contribution in [2.45, 2.75) is 20.5 Å². The molecule has 1 amide bonds. The smallest absolute Gasteiger partial charge is 0.318 e. The fourth-order valence-corrected chi connectivity index (χ4v) is 1.30. The number of nitrogens with one attached hydrogen (secondary N) is 1. The van der Waals surface area contributed by atoms with Gasteiger partial charge in [0, 0.05) is 18.4 Å². The molecule has 0 aliphatic rings. The summed E-state index contributed by atoms with van der Waals surface area (Å²) >= 11 is 0. The minimum atomic E-state index is -1.47. The quantitative estimate of drug-likeness (QED) is 0.783. The van der Waals surface area contributed by atoms with Crippen LogP contribution in [0.3, 0.4) is 0 Å². The van der Waals surface area contributed by atoms with Gasteiger partial charge in [0.1, 0.15) is 5.41 Å². The van der Waals surface area contributed by atoms with Crippen molar-refractivity contribution in [3.63, 3.8) is 0 Å². The highest BCUT2D eigenvalue weighted by molar-refractivity contribution is 6.07. The number of anilines is 1. The molecule has 0 radical (unpaired) electrons. The molecular weight excluding hydrogens is 234 g/mol. The first-order valence-corrected chi connectivity index (χ1v) is 5.51. The van der Waals surface area contributed by atoms with E-state index in [9.17, 15) is 9.59 Å². The van der Waals surface area contributed by atoms with Crippen molar-refractivity contribution in [3.8, 4) is 0 Å². The molecule has 5 heteroatoms. The third-order valence-corrected chi connectivity index (χ3v) is 2.67. The molecule has 0 spiro atoms. The van der Waals surface area contributed by atoms with E-state index in [0.717, 1.165) is 5.56 Å². The zero-order valence-electron chi connectivity index (χ0n) is 10.7. The van der Waals surface area contributed by atoms with E-state index >= 15 is 0 Å². The molecule has 1 aromatic rings. The summed E-state index contributed by atoms with van der Waals surface area (Å²) in [6.07, 6.45) is 0. The first kappa shape index (κ1) is 14.2. The van der Waals surface area contributed by atoms with Gasteiger partial charge in [0.05, 0.1) is 6.61 Å². The number of rotatable bonds is 5. The monoisotopic (exact) mass is 251 g/mol. The number of hydrogen-bond acceptors (Lipinski definition) is 3. The molecule has 1 aromatic carbocycles. The Balaban J connectivity index is 2.91. The number of hydrogen-bond donors (Lipinski definition) is 2. The number of ether oxygens (including phenoxy) is 1. The summed E-state index contributed by atoms with van der Waals surface area (Å²) in [5, 5.41) is 11.6. The van der Waals surface area contributed by atoms with Crippen LogP contribution >= 0.6 is 0 Å². The van der Waals surface area contributed by atoms with Crippen LogP contribution < -0.4 is 5.32 Å². The van der Waals surface area contributed by atoms with E-state index in [1.54, 1.807) is 19.2 Å². The molecule has 0 atom stereocenters. The van der Waals surface area contributed by atoms with E-state index in [2.05, 4.69) is 5.32 Å². The van der Waals surface area contributed by atoms with Gasteiger partial charge in [0.2, 0.25) is 5.91 Å². The third kappa shape index (κ3) is 3.07. The van der Waals surface area contributed by atoms with Crippen LogP contribution in [0.25, 0.3) is 0 Å². The van der Waals surface area contributed by atoms with E-state index in [0.29, 0.717) is 12.3 Å². The molecule has 2 N–H and O–H groups in total. The number of aliphatic carboxylic acids is 1. The molecule has 0 bridgehead atoms. The second kappa shape index (κ2) is 5.64. The molecule has 98 valence electrons. The summed E-state index contributed by atoms with van der Waals surface area (Å²) in [4.78, 5) is 22.9. The Morgan fingerprint density at radius 3 is 2.50 bits per heavy atom. The van der Waals surface area contributed by atoms with Gasteiger partial charge in [-0.3, -0.25) is 9.59 Å². The van der Waals surface area contributed by atoms with Gasteiger partial charge in [-0.15, -0.1) is 0 Å². The Morgan fingerprint density at radius 2 is 1.94 bits per heavy atom. The Labute approximate surface area is 106 Å². The van der Waals surface area contributed by atoms with E-state index in [-0.39, 0.29) is 0 Å². The summed E-state index contributed by atoms with van der Waals surface area (Å²) in [7, 11) is 1.56. The minimum Gasteiger partial charge on any atom is -0.480 e. The first-order valence-electron chi connectivity index (χ1n) is 5.51. The number of methoxy groups -OCH3 is 1. The fourth-order valence-electron chi connectivity index (χ4n) is 1.30. The van der Waals surface area contributed by atoms with Crippen LogP contribution in [0.4, 0.5) is 5.69 Å². The highest BCUT2D eigenvalue weighted by atomic mass is 16.5. The molecule has 1 rings (SSSR count). The number of carboxylic acid groups (broad SMARTS) is 1. The average Bonchev–Trinajstić information content (AvgIpc) is 2.31. The van der Waals surface area contributed by atoms with Crippen LogP contribution in [0.2, 0.25) is 0 Å². The summed E-state index contributed by atoms with van der Waals surface area (Å²) in [6, 6.07) is 7.12. The molecule has 0 aliphatic heterocycles. The Kier molecular flexibility index (Phi) is 4.44. The van der Waals surface area contributed by atoms with Gasteiger partial charge in [0.15, 0.2) is 0 Å². The maximum Gasteiger partial charge on any atom is 0.318 e. The van der Waals surface area contributed by atoms with Crippen LogP contribution in [0.1, 0.15) is 19.4 Å². The zero-order valence-corrected chi connectivity index (χ0v) is 10.7. The van der Waals surface area contributed by atoms with Gasteiger partial charge in [-0.05, 0) is 19.9 Å². The fraction of sp³-hybridized carbons (Fsp3) is 0.385. The van der Waals surface area contributed by atoms with Gasteiger partial charge >= 0.3 is 5.97 Å². The second-order valence-corrected chi connectivity index (χ2v) is 4.47. The minimum absolute atomic E-state index is 0.351. The lowest BCUT2D eigenvalue weighted by molar-refractivity contribution is -0.151. The van der Waals surface area contributed by atoms with Crippen LogP contribution in [-0.2, 0) is 20.9 Å². The normalized spacial score (nSPS) is 11.1. The van der Waals surface area contributed by atoms with Crippen molar-refractivity contribution < 1.29 is 19.4 Å². The van der Waals surface area contributed by atoms with Gasteiger partial charge < -0.3 is 15.2 Å². The highest BCUT2D eigenvalue weighted by Crippen LogP contribution is 2.21. The Hall–Kier alpha value is -1.88. The molecule has 5 nitrogen and oxygen atoms in total. The first-order chi connectivity index (χ1) is 8.39. The van der Waals surface area contributed by atoms with Crippen LogP contribution in [0, 0.1) is 5.41 Å². The molecule has 0 unspecified atom stereocenters. The molecule has 0 saturated heterocycles. The predicted octanol–water partition coefficient (Wildman–Crippen LogP) is 1.88. The van der Waals surface area contributed by atoms with E-state index in [1.165, 1.54) is 13.8 Å². The highest BCUT2D eigenvalue weighted by Gasteiger charge is 2.36. The van der Waals surface area contributed by atoms with Gasteiger partial charge in [-0.2, -0.15) is 0 Å². The lowest BCUT2D eigenvalue weighted by Crippen LogP contribution is -2.38. The Bertz CT molecular complexity index is 454. The number of carbonyl (C=O) groups excluding carboxylic acids is 1. The number of carbonyl (C=O) groups is 2. The summed E-state index contributed by atoms with van der Waals surface area (Å²) in [5.74, 6) is -1.72. The molecule has 0 saturated carbocycles. The second-order valence-electron chi connectivity index (χ2n) is 4.47. The lowest BCUT2D eigenvalue weighted by atomic mass is 9.92. The van der Waals surface area contributed by atoms with Gasteiger partial charge in [-0.1, -0.05) is 18.2 Å². The number of para-hydroxylation sites is 1. The molecular formula is C13H17NO4.